The minimum atomic E-state index is 0.123. The van der Waals surface area contributed by atoms with Crippen LogP contribution in [0, 0.1) is 5.92 Å². The van der Waals surface area contributed by atoms with Crippen LogP contribution in [0.3, 0.4) is 0 Å². The Morgan fingerprint density at radius 3 is 2.71 bits per heavy atom. The van der Waals surface area contributed by atoms with E-state index in [0.29, 0.717) is 17.5 Å². The Kier molecular flexibility index (Phi) is 5.59. The number of nitrogens with one attached hydrogen (secondary N) is 1. The van der Waals surface area contributed by atoms with E-state index in [4.69, 9.17) is 11.6 Å². The highest BCUT2D eigenvalue weighted by atomic mass is 35.5. The number of aromatic nitrogens is 1. The van der Waals surface area contributed by atoms with Crippen LogP contribution in [-0.2, 0) is 6.54 Å². The van der Waals surface area contributed by atoms with Crippen LogP contribution in [0.15, 0.2) is 42.7 Å². The Morgan fingerprint density at radius 1 is 1.24 bits per heavy atom. The molecule has 1 heterocycles. The molecule has 21 heavy (non-hydrogen) atoms. The zero-order chi connectivity index (χ0) is 15.2. The van der Waals surface area contributed by atoms with E-state index in [-0.39, 0.29) is 11.8 Å². The molecule has 0 fully saturated rings. The first-order valence-corrected chi connectivity index (χ1v) is 7.55. The SMILES string of the molecule is CC(C)CC(NCc1cccc(O)c1Cl)c1cccnc1. The summed E-state index contributed by atoms with van der Waals surface area (Å²) >= 11 is 6.13. The summed E-state index contributed by atoms with van der Waals surface area (Å²) in [4.78, 5) is 4.19. The van der Waals surface area contributed by atoms with Crippen molar-refractivity contribution >= 4 is 11.6 Å². The van der Waals surface area contributed by atoms with E-state index < -0.39 is 0 Å². The maximum absolute atomic E-state index is 9.66. The molecule has 0 amide bonds. The zero-order valence-corrected chi connectivity index (χ0v) is 13.1. The Labute approximate surface area is 131 Å². The van der Waals surface area contributed by atoms with E-state index in [1.807, 2.05) is 18.3 Å². The molecule has 0 radical (unpaired) electrons. The van der Waals surface area contributed by atoms with E-state index in [2.05, 4.69) is 30.2 Å². The van der Waals surface area contributed by atoms with E-state index in [1.165, 1.54) is 5.56 Å². The molecule has 0 aliphatic heterocycles. The largest absolute Gasteiger partial charge is 0.506 e. The lowest BCUT2D eigenvalue weighted by Gasteiger charge is -2.21. The summed E-state index contributed by atoms with van der Waals surface area (Å²) in [5, 5.41) is 13.6. The van der Waals surface area contributed by atoms with Gasteiger partial charge in [0.1, 0.15) is 5.75 Å². The van der Waals surface area contributed by atoms with Gasteiger partial charge in [-0.25, -0.2) is 0 Å². The predicted octanol–water partition coefficient (Wildman–Crippen LogP) is 4.32. The normalized spacial score (nSPS) is 12.6. The molecule has 0 saturated heterocycles. The molecular formula is C17H21ClN2O. The van der Waals surface area contributed by atoms with Crippen molar-refractivity contribution in [3.63, 3.8) is 0 Å². The highest BCUT2D eigenvalue weighted by molar-refractivity contribution is 6.32. The lowest BCUT2D eigenvalue weighted by atomic mass is 9.98. The molecule has 0 bridgehead atoms. The fourth-order valence-corrected chi connectivity index (χ4v) is 2.52. The molecule has 1 atom stereocenters. The number of phenolic OH excluding ortho intramolecular Hbond substituents is 1. The summed E-state index contributed by atoms with van der Waals surface area (Å²) in [5.74, 6) is 0.695. The lowest BCUT2D eigenvalue weighted by molar-refractivity contribution is 0.426. The minimum Gasteiger partial charge on any atom is -0.506 e. The molecule has 1 unspecified atom stereocenters. The third-order valence-electron chi connectivity index (χ3n) is 3.39. The van der Waals surface area contributed by atoms with Crippen molar-refractivity contribution in [2.75, 3.05) is 0 Å². The molecular weight excluding hydrogens is 284 g/mol. The Balaban J connectivity index is 2.11. The van der Waals surface area contributed by atoms with Gasteiger partial charge in [0.2, 0.25) is 0 Å². The fraction of sp³-hybridized carbons (Fsp3) is 0.353. The van der Waals surface area contributed by atoms with Crippen molar-refractivity contribution in [3.05, 3.63) is 58.9 Å². The van der Waals surface area contributed by atoms with Crippen LogP contribution < -0.4 is 5.32 Å². The first-order valence-electron chi connectivity index (χ1n) is 7.17. The molecule has 0 spiro atoms. The van der Waals surface area contributed by atoms with Gasteiger partial charge in [-0.1, -0.05) is 43.6 Å². The summed E-state index contributed by atoms with van der Waals surface area (Å²) < 4.78 is 0. The number of hydrogen-bond acceptors (Lipinski definition) is 3. The van der Waals surface area contributed by atoms with E-state index in [9.17, 15) is 5.11 Å². The summed E-state index contributed by atoms with van der Waals surface area (Å²) in [6.45, 7) is 5.01. The van der Waals surface area contributed by atoms with Gasteiger partial charge in [-0.15, -0.1) is 0 Å². The molecule has 1 aromatic heterocycles. The number of benzene rings is 1. The summed E-state index contributed by atoms with van der Waals surface area (Å²) in [6, 6.07) is 9.57. The Morgan fingerprint density at radius 2 is 2.05 bits per heavy atom. The number of nitrogens with zero attached hydrogens (tertiary/aromatic N) is 1. The fourth-order valence-electron chi connectivity index (χ4n) is 2.33. The predicted molar refractivity (Wildman–Crippen MR) is 86.4 cm³/mol. The Hall–Kier alpha value is -1.58. The highest BCUT2D eigenvalue weighted by Crippen LogP contribution is 2.28. The van der Waals surface area contributed by atoms with E-state index in [1.54, 1.807) is 18.3 Å². The second-order valence-corrected chi connectivity index (χ2v) is 5.98. The molecule has 0 aliphatic carbocycles. The first kappa shape index (κ1) is 15.8. The lowest BCUT2D eigenvalue weighted by Crippen LogP contribution is -2.22. The van der Waals surface area contributed by atoms with Gasteiger partial charge < -0.3 is 10.4 Å². The monoisotopic (exact) mass is 304 g/mol. The average molecular weight is 305 g/mol. The summed E-state index contributed by atoms with van der Waals surface area (Å²) in [5.41, 5.74) is 2.07. The third kappa shape index (κ3) is 4.45. The van der Waals surface area contributed by atoms with Crippen molar-refractivity contribution in [3.8, 4) is 5.75 Å². The number of pyridine rings is 1. The number of halogens is 1. The second-order valence-electron chi connectivity index (χ2n) is 5.60. The maximum Gasteiger partial charge on any atom is 0.134 e. The molecule has 4 heteroatoms. The highest BCUT2D eigenvalue weighted by Gasteiger charge is 2.14. The molecule has 2 N–H and O–H groups in total. The zero-order valence-electron chi connectivity index (χ0n) is 12.4. The standard InChI is InChI=1S/C17H21ClN2O/c1-12(2)9-15(13-6-4-8-19-10-13)20-11-14-5-3-7-16(21)17(14)18/h3-8,10,12,15,20-21H,9,11H2,1-2H3. The van der Waals surface area contributed by atoms with Gasteiger partial charge in [-0.2, -0.15) is 0 Å². The molecule has 0 aliphatic rings. The smallest absolute Gasteiger partial charge is 0.134 e. The molecule has 0 saturated carbocycles. The van der Waals surface area contributed by atoms with Crippen molar-refractivity contribution in [2.45, 2.75) is 32.9 Å². The van der Waals surface area contributed by atoms with Crippen molar-refractivity contribution in [1.29, 1.82) is 0 Å². The van der Waals surface area contributed by atoms with Crippen molar-refractivity contribution in [2.24, 2.45) is 5.92 Å². The van der Waals surface area contributed by atoms with Gasteiger partial charge in [0.15, 0.2) is 0 Å². The van der Waals surface area contributed by atoms with Gasteiger partial charge in [0.05, 0.1) is 5.02 Å². The second kappa shape index (κ2) is 7.43. The average Bonchev–Trinajstić information content (AvgIpc) is 2.48. The van der Waals surface area contributed by atoms with Gasteiger partial charge >= 0.3 is 0 Å². The van der Waals surface area contributed by atoms with Crippen LogP contribution in [0.5, 0.6) is 5.75 Å². The molecule has 3 nitrogen and oxygen atoms in total. The van der Waals surface area contributed by atoms with Gasteiger partial charge in [0.25, 0.3) is 0 Å². The number of hydrogen-bond donors (Lipinski definition) is 2. The Bertz CT molecular complexity index is 572. The summed E-state index contributed by atoms with van der Waals surface area (Å²) in [7, 11) is 0. The minimum absolute atomic E-state index is 0.123. The van der Waals surface area contributed by atoms with E-state index >= 15 is 0 Å². The van der Waals surface area contributed by atoms with Crippen LogP contribution in [-0.4, -0.2) is 10.1 Å². The van der Waals surface area contributed by atoms with Gasteiger partial charge in [-0.3, -0.25) is 4.98 Å². The molecule has 2 rings (SSSR count). The van der Waals surface area contributed by atoms with Crippen LogP contribution in [0.2, 0.25) is 5.02 Å². The first-order chi connectivity index (χ1) is 10.1. The number of phenols is 1. The molecule has 2 aromatic rings. The topological polar surface area (TPSA) is 45.1 Å². The third-order valence-corrected chi connectivity index (χ3v) is 3.83. The van der Waals surface area contributed by atoms with Crippen LogP contribution >= 0.6 is 11.6 Å². The molecule has 1 aromatic carbocycles. The maximum atomic E-state index is 9.66. The van der Waals surface area contributed by atoms with Crippen molar-refractivity contribution < 1.29 is 5.11 Å². The molecule has 112 valence electrons. The van der Waals surface area contributed by atoms with E-state index in [0.717, 1.165) is 12.0 Å². The number of aromatic hydroxyl groups is 1. The van der Waals surface area contributed by atoms with Crippen LogP contribution in [0.4, 0.5) is 0 Å². The number of rotatable bonds is 6. The van der Waals surface area contributed by atoms with Gasteiger partial charge in [0, 0.05) is 25.0 Å². The van der Waals surface area contributed by atoms with Crippen LogP contribution in [0.25, 0.3) is 0 Å². The van der Waals surface area contributed by atoms with Crippen molar-refractivity contribution in [1.82, 2.24) is 10.3 Å². The quantitative estimate of drug-likeness (QED) is 0.835. The summed E-state index contributed by atoms with van der Waals surface area (Å²) in [6.07, 6.45) is 4.69. The van der Waals surface area contributed by atoms with Gasteiger partial charge in [-0.05, 0) is 35.6 Å². The van der Waals surface area contributed by atoms with Crippen LogP contribution in [0.1, 0.15) is 37.4 Å².